The molecule has 0 aromatic heterocycles. The first-order chi connectivity index (χ1) is 7.79. The number of hydrogen-bond donors (Lipinski definition) is 1. The van der Waals surface area contributed by atoms with Crippen molar-refractivity contribution in [2.45, 2.75) is 13.3 Å². The fraction of sp³-hybridized carbons (Fsp3) is 0.417. The van der Waals surface area contributed by atoms with Crippen molar-refractivity contribution in [1.29, 1.82) is 0 Å². The van der Waals surface area contributed by atoms with Crippen LogP contribution in [0.1, 0.15) is 12.5 Å². The Balaban J connectivity index is 2.08. The van der Waals surface area contributed by atoms with Crippen molar-refractivity contribution in [2.75, 3.05) is 25.1 Å². The highest BCUT2D eigenvalue weighted by Crippen LogP contribution is 2.28. The van der Waals surface area contributed by atoms with E-state index in [1.54, 1.807) is 6.92 Å². The summed E-state index contributed by atoms with van der Waals surface area (Å²) >= 11 is 0. The molecule has 1 aromatic rings. The van der Waals surface area contributed by atoms with Crippen molar-refractivity contribution in [3.8, 4) is 5.75 Å². The molecule has 0 radical (unpaired) electrons. The number of anilines is 1. The lowest BCUT2D eigenvalue weighted by Gasteiger charge is -2.19. The highest BCUT2D eigenvalue weighted by Gasteiger charge is 2.11. The lowest BCUT2D eigenvalue weighted by molar-refractivity contribution is -0.142. The highest BCUT2D eigenvalue weighted by molar-refractivity contribution is 5.73. The summed E-state index contributed by atoms with van der Waals surface area (Å²) in [5.74, 6) is 0.651. The molecule has 2 rings (SSSR count). The summed E-state index contributed by atoms with van der Waals surface area (Å²) < 4.78 is 10.4. The summed E-state index contributed by atoms with van der Waals surface area (Å²) in [5, 5.41) is 3.23. The minimum absolute atomic E-state index is 0.195. The van der Waals surface area contributed by atoms with Gasteiger partial charge >= 0.3 is 5.97 Å². The monoisotopic (exact) mass is 221 g/mol. The van der Waals surface area contributed by atoms with Gasteiger partial charge in [0.1, 0.15) is 12.4 Å². The quantitative estimate of drug-likeness (QED) is 0.787. The number of nitrogens with one attached hydrogen (secondary N) is 1. The Kier molecular flexibility index (Phi) is 3.29. The van der Waals surface area contributed by atoms with Gasteiger partial charge in [0, 0.05) is 6.54 Å². The summed E-state index contributed by atoms with van der Waals surface area (Å²) in [7, 11) is 0. The van der Waals surface area contributed by atoms with Crippen LogP contribution in [0.2, 0.25) is 0 Å². The van der Waals surface area contributed by atoms with Gasteiger partial charge in [-0.25, -0.2) is 0 Å². The van der Waals surface area contributed by atoms with Crippen LogP contribution in [0, 0.1) is 0 Å². The zero-order valence-corrected chi connectivity index (χ0v) is 9.29. The van der Waals surface area contributed by atoms with Crippen LogP contribution in [0.15, 0.2) is 18.2 Å². The van der Waals surface area contributed by atoms with E-state index in [9.17, 15) is 4.79 Å². The maximum atomic E-state index is 11.3. The second kappa shape index (κ2) is 4.88. The van der Waals surface area contributed by atoms with Gasteiger partial charge in [0.15, 0.2) is 0 Å². The third kappa shape index (κ3) is 2.45. The van der Waals surface area contributed by atoms with E-state index in [1.165, 1.54) is 0 Å². The predicted octanol–water partition coefficient (Wildman–Crippen LogP) is 1.60. The zero-order valence-electron chi connectivity index (χ0n) is 9.29. The van der Waals surface area contributed by atoms with E-state index in [0.717, 1.165) is 23.5 Å². The summed E-state index contributed by atoms with van der Waals surface area (Å²) in [6, 6.07) is 5.71. The maximum Gasteiger partial charge on any atom is 0.310 e. The zero-order chi connectivity index (χ0) is 11.4. The van der Waals surface area contributed by atoms with Crippen LogP contribution in [0.3, 0.4) is 0 Å². The molecule has 4 nitrogen and oxygen atoms in total. The van der Waals surface area contributed by atoms with Gasteiger partial charge in [0.05, 0.1) is 18.7 Å². The molecule has 1 aliphatic rings. The maximum absolute atomic E-state index is 11.3. The van der Waals surface area contributed by atoms with Gasteiger partial charge in [-0.05, 0) is 24.6 Å². The predicted molar refractivity (Wildman–Crippen MR) is 60.8 cm³/mol. The summed E-state index contributed by atoms with van der Waals surface area (Å²) in [5.41, 5.74) is 1.89. The summed E-state index contributed by atoms with van der Waals surface area (Å²) in [6.07, 6.45) is 0.308. The van der Waals surface area contributed by atoms with Crippen LogP contribution < -0.4 is 10.1 Å². The van der Waals surface area contributed by atoms with Gasteiger partial charge in [0.2, 0.25) is 0 Å². The van der Waals surface area contributed by atoms with Crippen molar-refractivity contribution in [3.63, 3.8) is 0 Å². The van der Waals surface area contributed by atoms with Crippen LogP contribution in [-0.2, 0) is 16.0 Å². The van der Waals surface area contributed by atoms with Gasteiger partial charge in [-0.15, -0.1) is 0 Å². The van der Waals surface area contributed by atoms with Gasteiger partial charge in [-0.2, -0.15) is 0 Å². The van der Waals surface area contributed by atoms with Crippen molar-refractivity contribution in [2.24, 2.45) is 0 Å². The molecule has 0 saturated heterocycles. The van der Waals surface area contributed by atoms with E-state index in [1.807, 2.05) is 18.2 Å². The first-order valence-electron chi connectivity index (χ1n) is 5.45. The third-order valence-corrected chi connectivity index (χ3v) is 2.37. The molecular weight excluding hydrogens is 206 g/mol. The number of benzene rings is 1. The van der Waals surface area contributed by atoms with E-state index in [-0.39, 0.29) is 5.97 Å². The molecule has 0 unspecified atom stereocenters. The van der Waals surface area contributed by atoms with Gasteiger partial charge in [0.25, 0.3) is 0 Å². The van der Waals surface area contributed by atoms with E-state index in [0.29, 0.717) is 19.6 Å². The van der Waals surface area contributed by atoms with Crippen molar-refractivity contribution < 1.29 is 14.3 Å². The average molecular weight is 221 g/mol. The first-order valence-corrected chi connectivity index (χ1v) is 5.45. The molecule has 86 valence electrons. The number of rotatable bonds is 3. The lowest BCUT2D eigenvalue weighted by Crippen LogP contribution is -2.18. The Bertz CT molecular complexity index is 390. The normalized spacial score (nSPS) is 13.3. The number of hydrogen-bond acceptors (Lipinski definition) is 4. The molecule has 0 saturated carbocycles. The Hall–Kier alpha value is -1.71. The van der Waals surface area contributed by atoms with Crippen LogP contribution in [0.4, 0.5) is 5.69 Å². The molecule has 1 aromatic carbocycles. The minimum atomic E-state index is -0.195. The number of carbonyl (C=O) groups is 1. The number of ether oxygens (including phenoxy) is 2. The first kappa shape index (κ1) is 10.8. The SMILES string of the molecule is CCOC(=O)Cc1ccc2c(c1)NCCO2. The molecule has 1 aliphatic heterocycles. The molecule has 16 heavy (non-hydrogen) atoms. The second-order valence-electron chi connectivity index (χ2n) is 3.59. The largest absolute Gasteiger partial charge is 0.490 e. The third-order valence-electron chi connectivity index (χ3n) is 2.37. The molecule has 1 heterocycles. The molecule has 0 atom stereocenters. The number of carbonyl (C=O) groups excluding carboxylic acids is 1. The van der Waals surface area contributed by atoms with Crippen LogP contribution in [0.25, 0.3) is 0 Å². The van der Waals surface area contributed by atoms with Crippen molar-refractivity contribution in [3.05, 3.63) is 23.8 Å². The van der Waals surface area contributed by atoms with E-state index in [4.69, 9.17) is 9.47 Å². The summed E-state index contributed by atoms with van der Waals surface area (Å²) in [6.45, 7) is 3.71. The van der Waals surface area contributed by atoms with Crippen molar-refractivity contribution >= 4 is 11.7 Å². The molecular formula is C12H15NO3. The van der Waals surface area contributed by atoms with Crippen LogP contribution in [0.5, 0.6) is 5.75 Å². The number of esters is 1. The van der Waals surface area contributed by atoms with Crippen LogP contribution in [-0.4, -0.2) is 25.7 Å². The van der Waals surface area contributed by atoms with Crippen LogP contribution >= 0.6 is 0 Å². The molecule has 4 heteroatoms. The molecule has 0 spiro atoms. The molecule has 0 fully saturated rings. The number of fused-ring (bicyclic) bond motifs is 1. The Morgan fingerprint density at radius 3 is 3.25 bits per heavy atom. The smallest absolute Gasteiger partial charge is 0.310 e. The summed E-state index contributed by atoms with van der Waals surface area (Å²) in [4.78, 5) is 11.3. The van der Waals surface area contributed by atoms with Gasteiger partial charge in [-0.1, -0.05) is 6.07 Å². The molecule has 0 amide bonds. The fourth-order valence-electron chi connectivity index (χ4n) is 1.68. The molecule has 0 aliphatic carbocycles. The highest BCUT2D eigenvalue weighted by atomic mass is 16.5. The molecule has 1 N–H and O–H groups in total. The van der Waals surface area contributed by atoms with Gasteiger partial charge in [-0.3, -0.25) is 4.79 Å². The lowest BCUT2D eigenvalue weighted by atomic mass is 10.1. The average Bonchev–Trinajstić information content (AvgIpc) is 2.29. The second-order valence-corrected chi connectivity index (χ2v) is 3.59. The standard InChI is InChI=1S/C12H15NO3/c1-2-15-12(14)8-9-3-4-11-10(7-9)13-5-6-16-11/h3-4,7,13H,2,5-6,8H2,1H3. The van der Waals surface area contributed by atoms with Gasteiger partial charge < -0.3 is 14.8 Å². The van der Waals surface area contributed by atoms with E-state index in [2.05, 4.69) is 5.32 Å². The topological polar surface area (TPSA) is 47.6 Å². The van der Waals surface area contributed by atoms with E-state index >= 15 is 0 Å². The van der Waals surface area contributed by atoms with E-state index < -0.39 is 0 Å². The Morgan fingerprint density at radius 1 is 1.56 bits per heavy atom. The fourth-order valence-corrected chi connectivity index (χ4v) is 1.68. The Morgan fingerprint density at radius 2 is 2.44 bits per heavy atom. The minimum Gasteiger partial charge on any atom is -0.490 e. The Labute approximate surface area is 94.6 Å². The molecule has 0 bridgehead atoms. The van der Waals surface area contributed by atoms with Crippen molar-refractivity contribution in [1.82, 2.24) is 0 Å².